The Morgan fingerprint density at radius 3 is 2.81 bits per heavy atom. The summed E-state index contributed by atoms with van der Waals surface area (Å²) in [6.07, 6.45) is 1.57. The van der Waals surface area contributed by atoms with Crippen LogP contribution in [-0.4, -0.2) is 34.6 Å². The van der Waals surface area contributed by atoms with Gasteiger partial charge in [-0.15, -0.1) is 0 Å². The molecule has 2 aromatic rings. The quantitative estimate of drug-likeness (QED) is 0.670. The molecule has 0 fully saturated rings. The van der Waals surface area contributed by atoms with Crippen LogP contribution in [0.5, 0.6) is 0 Å². The molecular weight excluding hydrogens is 274 g/mol. The molecule has 0 amide bonds. The highest BCUT2D eigenvalue weighted by Gasteiger charge is 2.23. The van der Waals surface area contributed by atoms with Crippen LogP contribution < -0.4 is 4.90 Å². The van der Waals surface area contributed by atoms with Crippen LogP contribution in [0.4, 0.5) is 11.4 Å². The summed E-state index contributed by atoms with van der Waals surface area (Å²) in [5.41, 5.74) is 0.863. The molecule has 1 unspecified atom stereocenters. The number of nitro groups is 1. The molecule has 2 rings (SSSR count). The van der Waals surface area contributed by atoms with Crippen molar-refractivity contribution in [1.82, 2.24) is 4.98 Å². The maximum Gasteiger partial charge on any atom is 0.308 e. The van der Waals surface area contributed by atoms with Gasteiger partial charge in [-0.3, -0.25) is 19.9 Å². The Labute approximate surface area is 121 Å². The number of benzene rings is 1. The number of carbonyl (C=O) groups is 1. The third-order valence-electron chi connectivity index (χ3n) is 3.30. The highest BCUT2D eigenvalue weighted by atomic mass is 16.6. The van der Waals surface area contributed by atoms with E-state index in [1.54, 1.807) is 49.3 Å². The number of pyridine rings is 1. The topological polar surface area (TPSA) is 96.6 Å². The van der Waals surface area contributed by atoms with Gasteiger partial charge in [0.1, 0.15) is 5.69 Å². The number of nitro benzene ring substituents is 1. The second-order valence-corrected chi connectivity index (χ2v) is 4.88. The van der Waals surface area contributed by atoms with Crippen molar-refractivity contribution in [3.63, 3.8) is 0 Å². The Kier molecular flexibility index (Phi) is 4.02. The van der Waals surface area contributed by atoms with Crippen LogP contribution in [0.3, 0.4) is 0 Å². The lowest BCUT2D eigenvalue weighted by atomic mass is 10.1. The molecule has 1 heterocycles. The summed E-state index contributed by atoms with van der Waals surface area (Å²) in [5, 5.41) is 20.8. The van der Waals surface area contributed by atoms with Crippen LogP contribution in [0, 0.1) is 16.0 Å². The number of nitrogens with zero attached hydrogens (tertiary/aromatic N) is 3. The third-order valence-corrected chi connectivity index (χ3v) is 3.30. The molecular formula is C14H15N3O4. The first-order chi connectivity index (χ1) is 9.91. The van der Waals surface area contributed by atoms with E-state index in [-0.39, 0.29) is 12.2 Å². The van der Waals surface area contributed by atoms with E-state index in [4.69, 9.17) is 5.11 Å². The van der Waals surface area contributed by atoms with Crippen molar-refractivity contribution >= 4 is 28.2 Å². The van der Waals surface area contributed by atoms with Crippen molar-refractivity contribution in [1.29, 1.82) is 0 Å². The minimum Gasteiger partial charge on any atom is -0.481 e. The minimum absolute atomic E-state index is 0.0549. The first kappa shape index (κ1) is 14.7. The number of carboxylic acid groups (broad SMARTS) is 1. The Bertz CT molecular complexity index is 702. The molecule has 1 aromatic heterocycles. The van der Waals surface area contributed by atoms with E-state index < -0.39 is 16.8 Å². The molecule has 110 valence electrons. The molecule has 7 nitrogen and oxygen atoms in total. The highest BCUT2D eigenvalue weighted by molar-refractivity contribution is 5.94. The maximum atomic E-state index is 11.4. The SMILES string of the molecule is CC(CN(C)c1ccc2ncccc2c1[N+](=O)[O-])C(=O)O. The van der Waals surface area contributed by atoms with Gasteiger partial charge in [0, 0.05) is 19.8 Å². The Morgan fingerprint density at radius 1 is 1.48 bits per heavy atom. The average Bonchev–Trinajstić information content (AvgIpc) is 2.45. The third kappa shape index (κ3) is 2.91. The van der Waals surface area contributed by atoms with Crippen molar-refractivity contribution in [2.45, 2.75) is 6.92 Å². The van der Waals surface area contributed by atoms with E-state index in [0.717, 1.165) is 0 Å². The van der Waals surface area contributed by atoms with Crippen LogP contribution in [0.1, 0.15) is 6.92 Å². The van der Waals surface area contributed by atoms with E-state index in [0.29, 0.717) is 16.6 Å². The molecule has 0 aliphatic carbocycles. The lowest BCUT2D eigenvalue weighted by Crippen LogP contribution is -2.28. The number of anilines is 1. The van der Waals surface area contributed by atoms with Gasteiger partial charge in [0.25, 0.3) is 0 Å². The summed E-state index contributed by atoms with van der Waals surface area (Å²) in [4.78, 5) is 27.5. The second-order valence-electron chi connectivity index (χ2n) is 4.88. The van der Waals surface area contributed by atoms with Crippen molar-refractivity contribution in [2.24, 2.45) is 5.92 Å². The number of aromatic nitrogens is 1. The molecule has 0 spiro atoms. The van der Waals surface area contributed by atoms with E-state index in [9.17, 15) is 14.9 Å². The molecule has 7 heteroatoms. The largest absolute Gasteiger partial charge is 0.481 e. The van der Waals surface area contributed by atoms with Crippen LogP contribution in [0.2, 0.25) is 0 Å². The fourth-order valence-electron chi connectivity index (χ4n) is 2.21. The second kappa shape index (κ2) is 5.74. The molecule has 0 aliphatic heterocycles. The van der Waals surface area contributed by atoms with Crippen molar-refractivity contribution in [3.8, 4) is 0 Å². The van der Waals surface area contributed by atoms with Gasteiger partial charge in [-0.25, -0.2) is 0 Å². The van der Waals surface area contributed by atoms with Crippen LogP contribution in [0.25, 0.3) is 10.9 Å². The lowest BCUT2D eigenvalue weighted by molar-refractivity contribution is -0.382. The number of fused-ring (bicyclic) bond motifs is 1. The van der Waals surface area contributed by atoms with Gasteiger partial charge in [0.2, 0.25) is 0 Å². The summed E-state index contributed by atoms with van der Waals surface area (Å²) < 4.78 is 0. The minimum atomic E-state index is -0.938. The van der Waals surface area contributed by atoms with Gasteiger partial charge in [-0.1, -0.05) is 6.92 Å². The van der Waals surface area contributed by atoms with E-state index in [2.05, 4.69) is 4.98 Å². The Morgan fingerprint density at radius 2 is 2.19 bits per heavy atom. The fourth-order valence-corrected chi connectivity index (χ4v) is 2.21. The van der Waals surface area contributed by atoms with Crippen molar-refractivity contribution < 1.29 is 14.8 Å². The molecule has 0 saturated heterocycles. The monoisotopic (exact) mass is 289 g/mol. The average molecular weight is 289 g/mol. The van der Waals surface area contributed by atoms with Crippen LogP contribution in [0.15, 0.2) is 30.5 Å². The van der Waals surface area contributed by atoms with Crippen LogP contribution in [-0.2, 0) is 4.79 Å². The normalized spacial score (nSPS) is 12.1. The Balaban J connectivity index is 2.50. The van der Waals surface area contributed by atoms with E-state index in [1.807, 2.05) is 0 Å². The predicted octanol–water partition coefficient (Wildman–Crippen LogP) is 2.30. The zero-order valence-electron chi connectivity index (χ0n) is 11.7. The zero-order valence-corrected chi connectivity index (χ0v) is 11.7. The molecule has 21 heavy (non-hydrogen) atoms. The molecule has 1 atom stereocenters. The smallest absolute Gasteiger partial charge is 0.308 e. The molecule has 0 saturated carbocycles. The summed E-state index contributed by atoms with van der Waals surface area (Å²) in [6, 6.07) is 6.57. The van der Waals surface area contributed by atoms with Crippen molar-refractivity contribution in [2.75, 3.05) is 18.5 Å². The fraction of sp³-hybridized carbons (Fsp3) is 0.286. The summed E-state index contributed by atoms with van der Waals surface area (Å²) in [7, 11) is 1.64. The van der Waals surface area contributed by atoms with Gasteiger partial charge in [0.15, 0.2) is 0 Å². The van der Waals surface area contributed by atoms with Gasteiger partial charge in [-0.2, -0.15) is 0 Å². The van der Waals surface area contributed by atoms with E-state index >= 15 is 0 Å². The summed E-state index contributed by atoms with van der Waals surface area (Å²) in [5.74, 6) is -1.56. The first-order valence-electron chi connectivity index (χ1n) is 6.38. The predicted molar refractivity (Wildman–Crippen MR) is 78.5 cm³/mol. The van der Waals surface area contributed by atoms with Gasteiger partial charge >= 0.3 is 11.7 Å². The number of aliphatic carboxylic acids is 1. The van der Waals surface area contributed by atoms with Crippen molar-refractivity contribution in [3.05, 3.63) is 40.6 Å². The van der Waals surface area contributed by atoms with Gasteiger partial charge in [0.05, 0.1) is 21.7 Å². The van der Waals surface area contributed by atoms with Gasteiger partial charge < -0.3 is 10.0 Å². The van der Waals surface area contributed by atoms with Crippen LogP contribution >= 0.6 is 0 Å². The number of carboxylic acids is 1. The molecule has 1 aromatic carbocycles. The standard InChI is InChI=1S/C14H15N3O4/c1-9(14(18)19)8-16(2)12-6-5-11-10(4-3-7-15-11)13(12)17(20)21/h3-7,9H,8H2,1-2H3,(H,18,19). The first-order valence-corrected chi connectivity index (χ1v) is 6.38. The lowest BCUT2D eigenvalue weighted by Gasteiger charge is -2.21. The zero-order chi connectivity index (χ0) is 15.6. The molecule has 0 aliphatic rings. The highest BCUT2D eigenvalue weighted by Crippen LogP contribution is 2.34. The van der Waals surface area contributed by atoms with Gasteiger partial charge in [-0.05, 0) is 24.3 Å². The van der Waals surface area contributed by atoms with E-state index in [1.165, 1.54) is 0 Å². The number of hydrogen-bond acceptors (Lipinski definition) is 5. The summed E-state index contributed by atoms with van der Waals surface area (Å²) >= 11 is 0. The molecule has 0 bridgehead atoms. The number of rotatable bonds is 5. The molecule has 1 N–H and O–H groups in total. The summed E-state index contributed by atoms with van der Waals surface area (Å²) in [6.45, 7) is 1.75. The number of hydrogen-bond donors (Lipinski definition) is 1. The Hall–Kier alpha value is -2.70. The maximum absolute atomic E-state index is 11.4. The molecule has 0 radical (unpaired) electrons.